The number of rotatable bonds is 7. The molecule has 1 atom stereocenters. The molecule has 0 saturated heterocycles. The maximum absolute atomic E-state index is 12.8. The quantitative estimate of drug-likeness (QED) is 0.490. The minimum Gasteiger partial charge on any atom is -0.454 e. The van der Waals surface area contributed by atoms with Crippen LogP contribution in [0, 0.1) is 5.41 Å². The minimum absolute atomic E-state index is 0.0766. The van der Waals surface area contributed by atoms with Crippen LogP contribution >= 0.6 is 11.8 Å². The van der Waals surface area contributed by atoms with E-state index in [0.717, 1.165) is 5.69 Å². The Morgan fingerprint density at radius 2 is 1.59 bits per heavy atom. The first kappa shape index (κ1) is 22.7. The minimum atomic E-state index is -0.572. The number of para-hydroxylation sites is 1. The van der Waals surface area contributed by atoms with Gasteiger partial charge in [0.1, 0.15) is 0 Å². The maximum atomic E-state index is 12.8. The van der Waals surface area contributed by atoms with Crippen LogP contribution in [0.4, 0.5) is 5.69 Å². The molecule has 0 aliphatic carbocycles. The lowest BCUT2D eigenvalue weighted by Gasteiger charge is -2.22. The van der Waals surface area contributed by atoms with E-state index in [4.69, 9.17) is 4.74 Å². The number of ether oxygens (including phenoxy) is 1. The summed E-state index contributed by atoms with van der Waals surface area (Å²) in [5.74, 6) is -0.793. The van der Waals surface area contributed by atoms with Gasteiger partial charge < -0.3 is 9.64 Å². The molecule has 1 amide bonds. The summed E-state index contributed by atoms with van der Waals surface area (Å²) in [7, 11) is 1.73. The maximum Gasteiger partial charge on any atom is 0.339 e. The number of hydrogen-bond donors (Lipinski definition) is 0. The van der Waals surface area contributed by atoms with E-state index in [9.17, 15) is 14.4 Å². The van der Waals surface area contributed by atoms with Crippen molar-refractivity contribution in [2.24, 2.45) is 5.41 Å². The molecule has 154 valence electrons. The fraction of sp³-hybridized carbons (Fsp3) is 0.348. The van der Waals surface area contributed by atoms with Crippen molar-refractivity contribution in [3.05, 3.63) is 60.2 Å². The van der Waals surface area contributed by atoms with E-state index in [1.54, 1.807) is 63.9 Å². The number of carbonyl (C=O) groups excluding carboxylic acids is 3. The van der Waals surface area contributed by atoms with Crippen molar-refractivity contribution in [2.75, 3.05) is 18.6 Å². The summed E-state index contributed by atoms with van der Waals surface area (Å²) in [6.45, 7) is 6.88. The van der Waals surface area contributed by atoms with E-state index in [1.807, 2.05) is 30.3 Å². The highest BCUT2D eigenvalue weighted by atomic mass is 32.2. The van der Waals surface area contributed by atoms with Gasteiger partial charge in [0.05, 0.1) is 10.8 Å². The number of Topliss-reactive ketones (excluding diaryl/α,β-unsaturated/α-hetero) is 1. The molecule has 0 heterocycles. The number of anilines is 1. The van der Waals surface area contributed by atoms with Gasteiger partial charge in [0, 0.05) is 23.0 Å². The zero-order valence-electron chi connectivity index (χ0n) is 17.5. The van der Waals surface area contributed by atoms with Gasteiger partial charge in [-0.1, -0.05) is 51.1 Å². The second kappa shape index (κ2) is 9.74. The molecule has 0 aliphatic rings. The predicted octanol–water partition coefficient (Wildman–Crippen LogP) is 4.60. The second-order valence-corrected chi connectivity index (χ2v) is 9.12. The number of thioether (sulfide) groups is 1. The van der Waals surface area contributed by atoms with Gasteiger partial charge in [-0.15, -0.1) is 11.8 Å². The first-order chi connectivity index (χ1) is 13.6. The van der Waals surface area contributed by atoms with Crippen LogP contribution in [0.5, 0.6) is 0 Å². The van der Waals surface area contributed by atoms with E-state index in [0.29, 0.717) is 10.5 Å². The lowest BCUT2D eigenvalue weighted by molar-refractivity contribution is -0.129. The van der Waals surface area contributed by atoms with Crippen LogP contribution in [0.3, 0.4) is 0 Å². The molecule has 2 aromatic rings. The summed E-state index contributed by atoms with van der Waals surface area (Å²) < 4.78 is 5.22. The van der Waals surface area contributed by atoms with E-state index >= 15 is 0 Å². The highest BCUT2D eigenvalue weighted by molar-refractivity contribution is 8.00. The van der Waals surface area contributed by atoms with Crippen LogP contribution in [0.1, 0.15) is 38.1 Å². The van der Waals surface area contributed by atoms with E-state index in [2.05, 4.69) is 0 Å². The van der Waals surface area contributed by atoms with Crippen LogP contribution in [-0.4, -0.2) is 36.6 Å². The summed E-state index contributed by atoms with van der Waals surface area (Å²) >= 11 is 1.29. The Morgan fingerprint density at radius 3 is 2.21 bits per heavy atom. The van der Waals surface area contributed by atoms with Crippen molar-refractivity contribution >= 4 is 35.1 Å². The predicted molar refractivity (Wildman–Crippen MR) is 116 cm³/mol. The van der Waals surface area contributed by atoms with Crippen LogP contribution in [0.15, 0.2) is 59.5 Å². The van der Waals surface area contributed by atoms with Gasteiger partial charge in [-0.05, 0) is 31.2 Å². The summed E-state index contributed by atoms with van der Waals surface area (Å²) in [5, 5.41) is -0.412. The number of ketones is 1. The number of amides is 1. The second-order valence-electron chi connectivity index (χ2n) is 7.74. The van der Waals surface area contributed by atoms with Crippen molar-refractivity contribution in [3.8, 4) is 0 Å². The largest absolute Gasteiger partial charge is 0.454 e. The molecule has 0 aromatic heterocycles. The van der Waals surface area contributed by atoms with Gasteiger partial charge in [0.25, 0.3) is 0 Å². The molecule has 0 fully saturated rings. The topological polar surface area (TPSA) is 63.7 Å². The summed E-state index contributed by atoms with van der Waals surface area (Å²) in [6, 6.07) is 16.3. The van der Waals surface area contributed by atoms with Crippen molar-refractivity contribution < 1.29 is 19.1 Å². The van der Waals surface area contributed by atoms with Crippen molar-refractivity contribution in [2.45, 2.75) is 37.8 Å². The third-order valence-electron chi connectivity index (χ3n) is 4.40. The van der Waals surface area contributed by atoms with Crippen LogP contribution in [0.2, 0.25) is 0 Å². The first-order valence-electron chi connectivity index (χ1n) is 9.40. The molecular weight excluding hydrogens is 386 g/mol. The van der Waals surface area contributed by atoms with Gasteiger partial charge in [-0.25, -0.2) is 4.79 Å². The summed E-state index contributed by atoms with van der Waals surface area (Å²) in [6.07, 6.45) is 0. The molecule has 29 heavy (non-hydrogen) atoms. The molecule has 0 aliphatic heterocycles. The molecule has 5 nitrogen and oxygen atoms in total. The van der Waals surface area contributed by atoms with Gasteiger partial charge in [0.15, 0.2) is 12.4 Å². The zero-order chi connectivity index (χ0) is 21.6. The van der Waals surface area contributed by atoms with Crippen LogP contribution < -0.4 is 4.90 Å². The molecule has 2 aromatic carbocycles. The molecule has 0 radical (unpaired) electrons. The molecule has 0 unspecified atom stereocenters. The first-order valence-corrected chi connectivity index (χ1v) is 10.3. The van der Waals surface area contributed by atoms with Crippen molar-refractivity contribution in [3.63, 3.8) is 0 Å². The van der Waals surface area contributed by atoms with Gasteiger partial charge in [-0.3, -0.25) is 9.59 Å². The average molecular weight is 414 g/mol. The SMILES string of the molecule is C[C@H](Sc1ccccc1C(=O)OCC(=O)C(C)(C)C)C(=O)N(C)c1ccccc1. The Labute approximate surface area is 176 Å². The summed E-state index contributed by atoms with van der Waals surface area (Å²) in [4.78, 5) is 39.6. The number of benzene rings is 2. The smallest absolute Gasteiger partial charge is 0.339 e. The van der Waals surface area contributed by atoms with E-state index in [1.165, 1.54) is 11.8 Å². The monoisotopic (exact) mass is 413 g/mol. The fourth-order valence-corrected chi connectivity index (χ4v) is 3.53. The fourth-order valence-electron chi connectivity index (χ4n) is 2.46. The Kier molecular flexibility index (Phi) is 7.62. The Hall–Kier alpha value is -2.60. The van der Waals surface area contributed by atoms with Crippen molar-refractivity contribution in [1.29, 1.82) is 0 Å². The Morgan fingerprint density at radius 1 is 1.00 bits per heavy atom. The molecule has 2 rings (SSSR count). The molecule has 0 saturated carbocycles. The van der Waals surface area contributed by atoms with Gasteiger partial charge in [0.2, 0.25) is 5.91 Å². The zero-order valence-corrected chi connectivity index (χ0v) is 18.3. The lowest BCUT2D eigenvalue weighted by Crippen LogP contribution is -2.33. The molecular formula is C23H27NO4S. The molecule has 0 spiro atoms. The average Bonchev–Trinajstić information content (AvgIpc) is 2.70. The molecule has 0 bridgehead atoms. The standard InChI is InChI=1S/C23H27NO4S/c1-16(21(26)24(5)17-11-7-6-8-12-17)29-19-14-10-9-13-18(19)22(27)28-15-20(25)23(2,3)4/h6-14,16H,15H2,1-5H3/t16-/m0/s1. The highest BCUT2D eigenvalue weighted by Crippen LogP contribution is 2.29. The molecule has 0 N–H and O–H groups in total. The number of nitrogens with zero attached hydrogens (tertiary/aromatic N) is 1. The Balaban J connectivity index is 2.09. The van der Waals surface area contributed by atoms with Crippen LogP contribution in [-0.2, 0) is 14.3 Å². The van der Waals surface area contributed by atoms with Crippen molar-refractivity contribution in [1.82, 2.24) is 0 Å². The molecule has 6 heteroatoms. The van der Waals surface area contributed by atoms with E-state index in [-0.39, 0.29) is 18.3 Å². The van der Waals surface area contributed by atoms with Gasteiger partial charge >= 0.3 is 5.97 Å². The third-order valence-corrected chi connectivity index (χ3v) is 5.57. The van der Waals surface area contributed by atoms with E-state index < -0.39 is 16.6 Å². The lowest BCUT2D eigenvalue weighted by atomic mass is 9.91. The number of hydrogen-bond acceptors (Lipinski definition) is 5. The summed E-state index contributed by atoms with van der Waals surface area (Å²) in [5.41, 5.74) is 0.580. The number of carbonyl (C=O) groups is 3. The highest BCUT2D eigenvalue weighted by Gasteiger charge is 2.25. The normalized spacial score (nSPS) is 12.2. The third kappa shape index (κ3) is 6.19. The van der Waals surface area contributed by atoms with Crippen LogP contribution in [0.25, 0.3) is 0 Å². The van der Waals surface area contributed by atoms with Gasteiger partial charge in [-0.2, -0.15) is 0 Å². The Bertz CT molecular complexity index is 874. The number of esters is 1.